The van der Waals surface area contributed by atoms with Crippen LogP contribution in [0, 0.1) is 0 Å². The summed E-state index contributed by atoms with van der Waals surface area (Å²) in [4.78, 5) is 12.8. The van der Waals surface area contributed by atoms with Crippen molar-refractivity contribution in [3.63, 3.8) is 0 Å². The fourth-order valence-electron chi connectivity index (χ4n) is 3.00. The third kappa shape index (κ3) is 6.12. The van der Waals surface area contributed by atoms with E-state index in [1.807, 2.05) is 33.8 Å². The molecule has 0 saturated carbocycles. The van der Waals surface area contributed by atoms with Crippen molar-refractivity contribution >= 4 is 19.4 Å². The van der Waals surface area contributed by atoms with Crippen LogP contribution < -0.4 is 24.2 Å². The van der Waals surface area contributed by atoms with Gasteiger partial charge in [0.15, 0.2) is 5.52 Å². The SMILES string of the molecule is CC(C)c1ccc(C(C)C)c(PC(=O)c2c(C(F)(F)F)cccc2C(F)(F)F)c1.[H-].[Li+]. The maximum atomic E-state index is 13.4. The Labute approximate surface area is 187 Å². The van der Waals surface area contributed by atoms with Crippen LogP contribution in [0.1, 0.15) is 73.6 Å². The topological polar surface area (TPSA) is 17.1 Å². The van der Waals surface area contributed by atoms with Gasteiger partial charge in [0.05, 0.1) is 11.1 Å². The van der Waals surface area contributed by atoms with Gasteiger partial charge in [-0.3, -0.25) is 4.79 Å². The van der Waals surface area contributed by atoms with Crippen LogP contribution >= 0.6 is 8.58 Å². The Morgan fingerprint density at radius 1 is 0.867 bits per heavy atom. The molecule has 0 heterocycles. The molecular formula is C21H22F6LiOP. The van der Waals surface area contributed by atoms with Gasteiger partial charge in [0, 0.05) is 5.56 Å². The molecule has 0 N–H and O–H groups in total. The van der Waals surface area contributed by atoms with E-state index in [0.717, 1.165) is 11.1 Å². The Kier molecular flexibility index (Phi) is 8.82. The summed E-state index contributed by atoms with van der Waals surface area (Å²) in [5, 5.41) is 0.473. The average Bonchev–Trinajstić information content (AvgIpc) is 2.59. The zero-order valence-corrected chi connectivity index (χ0v) is 18.3. The summed E-state index contributed by atoms with van der Waals surface area (Å²) in [6, 6.07) is 7.06. The van der Waals surface area contributed by atoms with Crippen molar-refractivity contribution in [1.29, 1.82) is 0 Å². The van der Waals surface area contributed by atoms with Gasteiger partial charge in [-0.15, -0.1) is 0 Å². The third-order valence-electron chi connectivity index (χ3n) is 4.52. The van der Waals surface area contributed by atoms with Crippen LogP contribution in [-0.2, 0) is 12.4 Å². The molecule has 2 aromatic rings. The van der Waals surface area contributed by atoms with Gasteiger partial charge in [-0.2, -0.15) is 26.3 Å². The van der Waals surface area contributed by atoms with Crippen LogP contribution in [0.3, 0.4) is 0 Å². The zero-order valence-electron chi connectivity index (χ0n) is 18.3. The fourth-order valence-corrected chi connectivity index (χ4v) is 4.39. The molecule has 2 rings (SSSR count). The normalized spacial score (nSPS) is 12.7. The van der Waals surface area contributed by atoms with Crippen molar-refractivity contribution < 1.29 is 51.4 Å². The molecule has 1 unspecified atom stereocenters. The molecule has 0 aliphatic heterocycles. The molecule has 160 valence electrons. The summed E-state index contributed by atoms with van der Waals surface area (Å²) < 4.78 is 80.3. The standard InChI is InChI=1S/C21H21F6OP.Li.H/c1-11(2)13-8-9-14(12(3)4)17(10-13)29-19(28)18-15(20(22,23)24)6-5-7-16(18)21(25,26)27;;/h5-12,29H,1-4H3;;/q;+1;-1. The minimum absolute atomic E-state index is 0. The number of benzene rings is 2. The van der Waals surface area contributed by atoms with Crippen LogP contribution in [0.5, 0.6) is 0 Å². The smallest absolute Gasteiger partial charge is 1.00 e. The Hall–Kier alpha value is -1.28. The van der Waals surface area contributed by atoms with Gasteiger partial charge in [0.25, 0.3) is 0 Å². The summed E-state index contributed by atoms with van der Waals surface area (Å²) in [6.07, 6.45) is -10.1. The van der Waals surface area contributed by atoms with Gasteiger partial charge in [0.1, 0.15) is 0 Å². The third-order valence-corrected chi connectivity index (χ3v) is 5.70. The Balaban J connectivity index is 0.00000450. The van der Waals surface area contributed by atoms with E-state index in [4.69, 9.17) is 0 Å². The van der Waals surface area contributed by atoms with Crippen LogP contribution in [0.15, 0.2) is 36.4 Å². The van der Waals surface area contributed by atoms with Gasteiger partial charge in [-0.25, -0.2) is 0 Å². The average molecular weight is 442 g/mol. The zero-order chi connectivity index (χ0) is 22.1. The monoisotopic (exact) mass is 442 g/mol. The summed E-state index contributed by atoms with van der Waals surface area (Å²) in [7, 11) is -0.852. The fraction of sp³-hybridized carbons (Fsp3) is 0.381. The molecule has 1 nitrogen and oxygen atoms in total. The van der Waals surface area contributed by atoms with Gasteiger partial charge in [-0.1, -0.05) is 52.0 Å². The van der Waals surface area contributed by atoms with Crippen molar-refractivity contribution in [2.24, 2.45) is 0 Å². The number of carbonyl (C=O) groups is 1. The van der Waals surface area contributed by atoms with Crippen molar-refractivity contribution in [3.05, 3.63) is 64.2 Å². The van der Waals surface area contributed by atoms with Crippen LogP contribution in [0.2, 0.25) is 0 Å². The van der Waals surface area contributed by atoms with Crippen LogP contribution in [0.25, 0.3) is 0 Å². The molecule has 9 heteroatoms. The molecule has 0 saturated heterocycles. The quantitative estimate of drug-likeness (QED) is 0.385. The van der Waals surface area contributed by atoms with Crippen molar-refractivity contribution in [2.45, 2.75) is 51.9 Å². The van der Waals surface area contributed by atoms with Crippen molar-refractivity contribution in [1.82, 2.24) is 0 Å². The molecule has 2 aromatic carbocycles. The summed E-state index contributed by atoms with van der Waals surface area (Å²) in [5.41, 5.74) is -4.00. The number of rotatable bonds is 5. The summed E-state index contributed by atoms with van der Waals surface area (Å²) >= 11 is 0. The molecule has 0 aliphatic rings. The maximum absolute atomic E-state index is 13.4. The molecule has 0 aliphatic carbocycles. The van der Waals surface area contributed by atoms with E-state index in [1.54, 1.807) is 12.1 Å². The molecule has 0 aromatic heterocycles. The summed E-state index contributed by atoms with van der Waals surface area (Å²) in [5.74, 6) is 0.0644. The number of carbonyl (C=O) groups excluding carboxylic acids is 1. The largest absolute Gasteiger partial charge is 1.00 e. The van der Waals surface area contributed by atoms with Gasteiger partial charge < -0.3 is 1.43 Å². The van der Waals surface area contributed by atoms with E-state index in [0.29, 0.717) is 23.5 Å². The minimum atomic E-state index is -5.07. The molecule has 0 spiro atoms. The minimum Gasteiger partial charge on any atom is -1.00 e. The second kappa shape index (κ2) is 9.89. The van der Waals surface area contributed by atoms with E-state index in [2.05, 4.69) is 0 Å². The summed E-state index contributed by atoms with van der Waals surface area (Å²) in [6.45, 7) is 7.54. The van der Waals surface area contributed by atoms with E-state index in [9.17, 15) is 31.1 Å². The number of hydrogen-bond acceptors (Lipinski definition) is 1. The second-order valence-electron chi connectivity index (χ2n) is 7.33. The molecule has 0 radical (unpaired) electrons. The second-order valence-corrected chi connectivity index (χ2v) is 8.58. The Morgan fingerprint density at radius 3 is 1.77 bits per heavy atom. The molecule has 0 bridgehead atoms. The first kappa shape index (κ1) is 26.8. The molecule has 0 fully saturated rings. The Morgan fingerprint density at radius 2 is 1.37 bits per heavy atom. The van der Waals surface area contributed by atoms with E-state index < -0.39 is 43.1 Å². The van der Waals surface area contributed by atoms with Crippen molar-refractivity contribution in [2.75, 3.05) is 0 Å². The predicted octanol–water partition coefficient (Wildman–Crippen LogP) is 4.23. The molecule has 0 amide bonds. The number of halogens is 6. The Bertz CT molecular complexity index is 877. The van der Waals surface area contributed by atoms with E-state index in [1.165, 1.54) is 0 Å². The van der Waals surface area contributed by atoms with Gasteiger partial charge in [0.2, 0.25) is 0 Å². The number of alkyl halides is 6. The maximum Gasteiger partial charge on any atom is 1.00 e. The van der Waals surface area contributed by atoms with E-state index >= 15 is 0 Å². The first-order valence-electron chi connectivity index (χ1n) is 8.96. The van der Waals surface area contributed by atoms with E-state index in [-0.39, 0.29) is 32.1 Å². The molecule has 30 heavy (non-hydrogen) atoms. The molecule has 1 atom stereocenters. The first-order chi connectivity index (χ1) is 13.2. The van der Waals surface area contributed by atoms with Crippen LogP contribution in [0.4, 0.5) is 26.3 Å². The van der Waals surface area contributed by atoms with Crippen molar-refractivity contribution in [3.8, 4) is 0 Å². The van der Waals surface area contributed by atoms with Gasteiger partial charge in [-0.05, 0) is 49.0 Å². The predicted molar refractivity (Wildman–Crippen MR) is 104 cm³/mol. The molecular weight excluding hydrogens is 420 g/mol. The first-order valence-corrected chi connectivity index (χ1v) is 9.96. The van der Waals surface area contributed by atoms with Gasteiger partial charge >= 0.3 is 31.2 Å². The number of hydrogen-bond donors (Lipinski definition) is 0. The van der Waals surface area contributed by atoms with Crippen LogP contribution in [-0.4, -0.2) is 5.52 Å².